The summed E-state index contributed by atoms with van der Waals surface area (Å²) in [4.78, 5) is 16.8. The Labute approximate surface area is 168 Å². The van der Waals surface area contributed by atoms with Gasteiger partial charge in [-0.1, -0.05) is 12.1 Å². The van der Waals surface area contributed by atoms with Gasteiger partial charge in [-0.25, -0.2) is 9.37 Å². The first-order valence-electron chi connectivity index (χ1n) is 9.76. The van der Waals surface area contributed by atoms with Gasteiger partial charge in [0.05, 0.1) is 19.3 Å². The van der Waals surface area contributed by atoms with Crippen molar-refractivity contribution in [2.75, 3.05) is 7.11 Å². The number of ether oxygens (including phenoxy) is 1. The highest BCUT2D eigenvalue weighted by molar-refractivity contribution is 5.76. The van der Waals surface area contributed by atoms with Crippen LogP contribution < -0.4 is 10.1 Å². The lowest BCUT2D eigenvalue weighted by molar-refractivity contribution is -0.122. The topological polar surface area (TPSA) is 64.4 Å². The Hall–Kier alpha value is -3.15. The third-order valence-electron chi connectivity index (χ3n) is 5.13. The Morgan fingerprint density at radius 1 is 1.21 bits per heavy atom. The van der Waals surface area contributed by atoms with Crippen LogP contribution in [0, 0.1) is 11.7 Å². The van der Waals surface area contributed by atoms with E-state index in [-0.39, 0.29) is 17.8 Å². The van der Waals surface area contributed by atoms with Crippen molar-refractivity contribution in [1.82, 2.24) is 10.3 Å². The molecule has 1 saturated carbocycles. The van der Waals surface area contributed by atoms with Crippen LogP contribution in [0.1, 0.15) is 36.8 Å². The Kier molecular flexibility index (Phi) is 5.60. The van der Waals surface area contributed by atoms with Crippen LogP contribution in [0.4, 0.5) is 4.39 Å². The predicted octanol–water partition coefficient (Wildman–Crippen LogP) is 4.69. The number of aryl methyl sites for hydroxylation is 1. The van der Waals surface area contributed by atoms with Crippen molar-refractivity contribution in [1.29, 1.82) is 0 Å². The number of rotatable bonds is 8. The molecule has 1 N–H and O–H groups in total. The number of nitrogens with zero attached hydrogens (tertiary/aromatic N) is 1. The van der Waals surface area contributed by atoms with Gasteiger partial charge in [0.15, 0.2) is 11.7 Å². The van der Waals surface area contributed by atoms with Gasteiger partial charge in [-0.05, 0) is 60.7 Å². The van der Waals surface area contributed by atoms with Gasteiger partial charge in [0.25, 0.3) is 0 Å². The van der Waals surface area contributed by atoms with Crippen molar-refractivity contribution in [3.63, 3.8) is 0 Å². The Balaban J connectivity index is 1.34. The number of aromatic nitrogens is 1. The molecule has 1 fully saturated rings. The third-order valence-corrected chi connectivity index (χ3v) is 5.13. The number of benzene rings is 2. The first kappa shape index (κ1) is 19.2. The molecule has 1 aliphatic rings. The zero-order valence-electron chi connectivity index (χ0n) is 16.2. The smallest absolute Gasteiger partial charge is 0.221 e. The molecule has 0 aliphatic heterocycles. The summed E-state index contributed by atoms with van der Waals surface area (Å²) < 4.78 is 24.0. The van der Waals surface area contributed by atoms with Gasteiger partial charge in [0.2, 0.25) is 5.91 Å². The number of amides is 1. The molecule has 1 heterocycles. The molecule has 150 valence electrons. The van der Waals surface area contributed by atoms with E-state index in [1.807, 2.05) is 24.3 Å². The molecule has 0 saturated heterocycles. The molecule has 4 rings (SSSR count). The summed E-state index contributed by atoms with van der Waals surface area (Å²) in [5, 5.41) is 3.16. The lowest BCUT2D eigenvalue weighted by atomic mass is 10.0. The van der Waals surface area contributed by atoms with Crippen LogP contribution in [0.25, 0.3) is 11.3 Å². The summed E-state index contributed by atoms with van der Waals surface area (Å²) in [6.45, 7) is 0. The lowest BCUT2D eigenvalue weighted by Gasteiger charge is -2.19. The number of halogens is 1. The lowest BCUT2D eigenvalue weighted by Crippen LogP contribution is -2.30. The number of nitrogens with one attached hydrogen (secondary N) is 1. The Morgan fingerprint density at radius 3 is 2.59 bits per heavy atom. The number of hydrogen-bond donors (Lipinski definition) is 1. The molecule has 2 aromatic carbocycles. The van der Waals surface area contributed by atoms with Crippen LogP contribution in [0.2, 0.25) is 0 Å². The minimum absolute atomic E-state index is 0.0211. The van der Waals surface area contributed by atoms with E-state index in [9.17, 15) is 9.18 Å². The molecule has 0 bridgehead atoms. The second-order valence-corrected chi connectivity index (χ2v) is 7.28. The number of carbonyl (C=O) groups is 1. The fourth-order valence-electron chi connectivity index (χ4n) is 3.35. The molecule has 6 heteroatoms. The quantitative estimate of drug-likeness (QED) is 0.602. The largest absolute Gasteiger partial charge is 0.497 e. The van der Waals surface area contributed by atoms with E-state index >= 15 is 0 Å². The number of carbonyl (C=O) groups excluding carboxylic acids is 1. The van der Waals surface area contributed by atoms with E-state index in [0.29, 0.717) is 30.4 Å². The molecule has 0 spiro atoms. The summed E-state index contributed by atoms with van der Waals surface area (Å²) in [6, 6.07) is 13.9. The fraction of sp³-hybridized carbons (Fsp3) is 0.304. The van der Waals surface area contributed by atoms with Crippen LogP contribution in [0.15, 0.2) is 59.1 Å². The first-order valence-corrected chi connectivity index (χ1v) is 9.76. The van der Waals surface area contributed by atoms with Gasteiger partial charge >= 0.3 is 0 Å². The molecule has 1 aromatic heterocycles. The second-order valence-electron chi connectivity index (χ2n) is 7.28. The van der Waals surface area contributed by atoms with E-state index in [2.05, 4.69) is 10.3 Å². The average Bonchev–Trinajstić information content (AvgIpc) is 3.48. The Morgan fingerprint density at radius 2 is 1.93 bits per heavy atom. The van der Waals surface area contributed by atoms with E-state index in [4.69, 9.17) is 9.15 Å². The summed E-state index contributed by atoms with van der Waals surface area (Å²) in [7, 11) is 1.64. The van der Waals surface area contributed by atoms with Gasteiger partial charge in [-0.2, -0.15) is 0 Å². The van der Waals surface area contributed by atoms with E-state index in [1.165, 1.54) is 12.1 Å². The zero-order valence-corrected chi connectivity index (χ0v) is 16.2. The van der Waals surface area contributed by atoms with Crippen LogP contribution in [0.5, 0.6) is 5.75 Å². The van der Waals surface area contributed by atoms with Crippen molar-refractivity contribution in [3.05, 3.63) is 72.0 Å². The van der Waals surface area contributed by atoms with Crippen molar-refractivity contribution < 1.29 is 18.3 Å². The third kappa shape index (κ3) is 4.83. The molecular weight excluding hydrogens is 371 g/mol. The SMILES string of the molecule is COc1ccc(C(NC(=O)CCc2ncc(-c3ccc(F)cc3)o2)C2CC2)cc1. The molecule has 0 radical (unpaired) electrons. The van der Waals surface area contributed by atoms with Gasteiger partial charge < -0.3 is 14.5 Å². The standard InChI is InChI=1S/C23H23FN2O3/c1-28-19-10-6-17(7-11-19)23(16-2-3-16)26-21(27)12-13-22-25-14-20(29-22)15-4-8-18(24)9-5-15/h4-11,14,16,23H,2-3,12-13H2,1H3,(H,26,27). The number of hydrogen-bond acceptors (Lipinski definition) is 4. The van der Waals surface area contributed by atoms with Crippen molar-refractivity contribution in [2.45, 2.75) is 31.7 Å². The molecule has 1 unspecified atom stereocenters. The fourth-order valence-corrected chi connectivity index (χ4v) is 3.35. The molecule has 5 nitrogen and oxygen atoms in total. The molecule has 1 atom stereocenters. The highest BCUT2D eigenvalue weighted by atomic mass is 19.1. The first-order chi connectivity index (χ1) is 14.1. The summed E-state index contributed by atoms with van der Waals surface area (Å²) in [6.07, 6.45) is 4.55. The van der Waals surface area contributed by atoms with Crippen LogP contribution in [-0.4, -0.2) is 18.0 Å². The Bertz CT molecular complexity index is 963. The molecule has 29 heavy (non-hydrogen) atoms. The van der Waals surface area contributed by atoms with Crippen molar-refractivity contribution >= 4 is 5.91 Å². The van der Waals surface area contributed by atoms with Crippen LogP contribution in [0.3, 0.4) is 0 Å². The molecule has 3 aromatic rings. The molecule has 1 amide bonds. The maximum absolute atomic E-state index is 13.0. The van der Waals surface area contributed by atoms with Crippen LogP contribution >= 0.6 is 0 Å². The predicted molar refractivity (Wildman–Crippen MR) is 107 cm³/mol. The summed E-state index contributed by atoms with van der Waals surface area (Å²) in [5.74, 6) is 2.02. The number of oxazole rings is 1. The highest BCUT2D eigenvalue weighted by Crippen LogP contribution is 2.41. The highest BCUT2D eigenvalue weighted by Gasteiger charge is 2.33. The normalized spacial score (nSPS) is 14.4. The maximum atomic E-state index is 13.0. The minimum atomic E-state index is -0.299. The van der Waals surface area contributed by atoms with Crippen molar-refractivity contribution in [2.24, 2.45) is 5.92 Å². The van der Waals surface area contributed by atoms with Crippen molar-refractivity contribution in [3.8, 4) is 17.1 Å². The van der Waals surface area contributed by atoms with Crippen LogP contribution in [-0.2, 0) is 11.2 Å². The molecule has 1 aliphatic carbocycles. The number of methoxy groups -OCH3 is 1. The zero-order chi connectivity index (χ0) is 20.2. The summed E-state index contributed by atoms with van der Waals surface area (Å²) >= 11 is 0. The van der Waals surface area contributed by atoms with Gasteiger partial charge in [0.1, 0.15) is 11.6 Å². The van der Waals surface area contributed by atoms with Gasteiger partial charge in [-0.3, -0.25) is 4.79 Å². The maximum Gasteiger partial charge on any atom is 0.221 e. The van der Waals surface area contributed by atoms with E-state index in [1.54, 1.807) is 25.4 Å². The van der Waals surface area contributed by atoms with Gasteiger partial charge in [-0.15, -0.1) is 0 Å². The van der Waals surface area contributed by atoms with E-state index in [0.717, 1.165) is 29.7 Å². The monoisotopic (exact) mass is 394 g/mol. The molecular formula is C23H23FN2O3. The average molecular weight is 394 g/mol. The minimum Gasteiger partial charge on any atom is -0.497 e. The van der Waals surface area contributed by atoms with Gasteiger partial charge in [0, 0.05) is 18.4 Å². The second kappa shape index (κ2) is 8.47. The van der Waals surface area contributed by atoms with E-state index < -0.39 is 0 Å². The summed E-state index contributed by atoms with van der Waals surface area (Å²) in [5.41, 5.74) is 1.85.